The quantitative estimate of drug-likeness (QED) is 0.848. The van der Waals surface area contributed by atoms with Gasteiger partial charge in [-0.25, -0.2) is 9.78 Å². The van der Waals surface area contributed by atoms with E-state index in [2.05, 4.69) is 9.72 Å². The van der Waals surface area contributed by atoms with Crippen molar-refractivity contribution >= 4 is 27.5 Å². The Bertz CT molecular complexity index is 550. The Hall–Kier alpha value is -1.46. The zero-order chi connectivity index (χ0) is 12.4. The monoisotopic (exact) mass is 251 g/mol. The Morgan fingerprint density at radius 3 is 3.00 bits per heavy atom. The number of aryl methyl sites for hydroxylation is 1. The lowest BCUT2D eigenvalue weighted by molar-refractivity contribution is -0.150. The molecule has 5 heteroatoms. The summed E-state index contributed by atoms with van der Waals surface area (Å²) < 4.78 is 5.48. The molecule has 0 aliphatic carbocycles. The molecule has 0 saturated carbocycles. The first-order valence-corrected chi connectivity index (χ1v) is 6.12. The van der Waals surface area contributed by atoms with Crippen molar-refractivity contribution in [1.29, 1.82) is 0 Å². The van der Waals surface area contributed by atoms with E-state index in [1.807, 2.05) is 13.0 Å². The molecule has 0 radical (unpaired) electrons. The maximum Gasteiger partial charge on any atom is 0.339 e. The maximum absolute atomic E-state index is 11.2. The van der Waals surface area contributed by atoms with Gasteiger partial charge in [-0.05, 0) is 24.1 Å². The first kappa shape index (κ1) is 12.0. The van der Waals surface area contributed by atoms with Crippen LogP contribution < -0.4 is 0 Å². The number of esters is 1. The summed E-state index contributed by atoms with van der Waals surface area (Å²) in [5.41, 5.74) is 1.43. The fraction of sp³-hybridized carbons (Fsp3) is 0.333. The molecular formula is C12H13NO3S. The molecule has 1 atom stereocenters. The summed E-state index contributed by atoms with van der Waals surface area (Å²) in [4.78, 5) is 15.6. The normalized spacial score (nSPS) is 12.6. The van der Waals surface area contributed by atoms with Crippen LogP contribution in [0.5, 0.6) is 0 Å². The highest BCUT2D eigenvalue weighted by molar-refractivity contribution is 7.18. The molecule has 0 amide bonds. The molecular weight excluding hydrogens is 238 g/mol. The van der Waals surface area contributed by atoms with E-state index >= 15 is 0 Å². The van der Waals surface area contributed by atoms with Crippen molar-refractivity contribution in [2.75, 3.05) is 7.11 Å². The second-order valence-corrected chi connectivity index (χ2v) is 4.73. The maximum atomic E-state index is 11.2. The van der Waals surface area contributed by atoms with Crippen LogP contribution in [0.15, 0.2) is 18.2 Å². The molecule has 4 nitrogen and oxygen atoms in total. The summed E-state index contributed by atoms with van der Waals surface area (Å²) in [6, 6.07) is 5.29. The number of fused-ring (bicyclic) bond motifs is 1. The zero-order valence-corrected chi connectivity index (χ0v) is 10.5. The number of benzene rings is 1. The van der Waals surface area contributed by atoms with Gasteiger partial charge in [0, 0.05) is 0 Å². The van der Waals surface area contributed by atoms with Crippen molar-refractivity contribution in [3.05, 3.63) is 28.8 Å². The Labute approximate surface area is 103 Å². The number of aliphatic hydroxyl groups is 1. The van der Waals surface area contributed by atoms with Crippen molar-refractivity contribution in [2.45, 2.75) is 19.4 Å². The number of ether oxygens (including phenoxy) is 1. The Morgan fingerprint density at radius 2 is 2.35 bits per heavy atom. The highest BCUT2D eigenvalue weighted by atomic mass is 32.1. The fourth-order valence-electron chi connectivity index (χ4n) is 1.56. The van der Waals surface area contributed by atoms with Gasteiger partial charge in [0.1, 0.15) is 0 Å². The molecule has 1 N–H and O–H groups in total. The molecule has 1 heterocycles. The van der Waals surface area contributed by atoms with Crippen LogP contribution in [0.1, 0.15) is 23.6 Å². The summed E-state index contributed by atoms with van der Waals surface area (Å²) in [7, 11) is 1.26. The van der Waals surface area contributed by atoms with Gasteiger partial charge in [0.25, 0.3) is 0 Å². The fourth-order valence-corrected chi connectivity index (χ4v) is 2.51. The van der Waals surface area contributed by atoms with Gasteiger partial charge in [0.05, 0.1) is 22.3 Å². The standard InChI is InChI=1S/C12H13NO3S/c1-3-10-13-8-5-4-7(6-9(8)17-10)11(14)12(15)16-2/h4-6,11,14H,3H2,1-2H3. The molecule has 0 saturated heterocycles. The molecule has 17 heavy (non-hydrogen) atoms. The smallest absolute Gasteiger partial charge is 0.339 e. The highest BCUT2D eigenvalue weighted by Gasteiger charge is 2.18. The summed E-state index contributed by atoms with van der Waals surface area (Å²) >= 11 is 1.57. The van der Waals surface area contributed by atoms with Crippen LogP contribution in [-0.2, 0) is 16.0 Å². The van der Waals surface area contributed by atoms with Gasteiger partial charge >= 0.3 is 5.97 Å². The van der Waals surface area contributed by atoms with E-state index in [0.29, 0.717) is 5.56 Å². The lowest BCUT2D eigenvalue weighted by atomic mass is 10.1. The van der Waals surface area contributed by atoms with Crippen molar-refractivity contribution in [3.8, 4) is 0 Å². The summed E-state index contributed by atoms with van der Waals surface area (Å²) in [5.74, 6) is -0.649. The number of aliphatic hydroxyl groups excluding tert-OH is 1. The second-order valence-electron chi connectivity index (χ2n) is 3.61. The van der Waals surface area contributed by atoms with Gasteiger partial charge in [0.15, 0.2) is 6.10 Å². The number of hydrogen-bond acceptors (Lipinski definition) is 5. The molecule has 0 bridgehead atoms. The third-order valence-electron chi connectivity index (χ3n) is 2.50. The third kappa shape index (κ3) is 2.30. The van der Waals surface area contributed by atoms with Gasteiger partial charge in [-0.2, -0.15) is 0 Å². The average molecular weight is 251 g/mol. The molecule has 0 aliphatic heterocycles. The number of methoxy groups -OCH3 is 1. The summed E-state index contributed by atoms with van der Waals surface area (Å²) in [5, 5.41) is 10.8. The van der Waals surface area contributed by atoms with E-state index in [4.69, 9.17) is 0 Å². The van der Waals surface area contributed by atoms with Crippen LogP contribution in [0.2, 0.25) is 0 Å². The molecule has 90 valence electrons. The lowest BCUT2D eigenvalue weighted by Gasteiger charge is -2.07. The third-order valence-corrected chi connectivity index (χ3v) is 3.66. The molecule has 1 aromatic heterocycles. The predicted octanol–water partition coefficient (Wildman–Crippen LogP) is 2.07. The van der Waals surface area contributed by atoms with Crippen LogP contribution in [0, 0.1) is 0 Å². The van der Waals surface area contributed by atoms with Crippen LogP contribution >= 0.6 is 11.3 Å². The first-order chi connectivity index (χ1) is 8.15. The van der Waals surface area contributed by atoms with Crippen molar-refractivity contribution in [1.82, 2.24) is 4.98 Å². The Kier molecular flexibility index (Phi) is 3.40. The van der Waals surface area contributed by atoms with Crippen LogP contribution in [0.4, 0.5) is 0 Å². The predicted molar refractivity (Wildman–Crippen MR) is 66.0 cm³/mol. The van der Waals surface area contributed by atoms with Gasteiger partial charge in [0.2, 0.25) is 0 Å². The van der Waals surface area contributed by atoms with E-state index < -0.39 is 12.1 Å². The van der Waals surface area contributed by atoms with Gasteiger partial charge in [-0.15, -0.1) is 11.3 Å². The average Bonchev–Trinajstić information content (AvgIpc) is 2.78. The van der Waals surface area contributed by atoms with Crippen molar-refractivity contribution in [3.63, 3.8) is 0 Å². The number of rotatable bonds is 3. The largest absolute Gasteiger partial charge is 0.467 e. The summed E-state index contributed by atoms with van der Waals surface area (Å²) in [6.45, 7) is 2.04. The van der Waals surface area contributed by atoms with Crippen molar-refractivity contribution in [2.24, 2.45) is 0 Å². The minimum absolute atomic E-state index is 0.538. The van der Waals surface area contributed by atoms with Crippen LogP contribution in [0.25, 0.3) is 10.2 Å². The summed E-state index contributed by atoms with van der Waals surface area (Å²) in [6.07, 6.45) is -0.342. The molecule has 1 aromatic carbocycles. The second kappa shape index (κ2) is 4.81. The number of nitrogens with zero attached hydrogens (tertiary/aromatic N) is 1. The van der Waals surface area contributed by atoms with E-state index in [-0.39, 0.29) is 0 Å². The van der Waals surface area contributed by atoms with Crippen LogP contribution in [0.3, 0.4) is 0 Å². The van der Waals surface area contributed by atoms with Crippen molar-refractivity contribution < 1.29 is 14.6 Å². The molecule has 2 aromatic rings. The van der Waals surface area contributed by atoms with E-state index in [0.717, 1.165) is 21.6 Å². The minimum atomic E-state index is -1.23. The number of thiazole rings is 1. The molecule has 0 fully saturated rings. The lowest BCUT2D eigenvalue weighted by Crippen LogP contribution is -2.13. The molecule has 0 spiro atoms. The van der Waals surface area contributed by atoms with Gasteiger partial charge < -0.3 is 9.84 Å². The molecule has 2 rings (SSSR count). The minimum Gasteiger partial charge on any atom is -0.467 e. The van der Waals surface area contributed by atoms with E-state index in [1.165, 1.54) is 7.11 Å². The number of aromatic nitrogens is 1. The molecule has 1 unspecified atom stereocenters. The highest BCUT2D eigenvalue weighted by Crippen LogP contribution is 2.26. The number of carbonyl (C=O) groups is 1. The Morgan fingerprint density at radius 1 is 1.59 bits per heavy atom. The number of carbonyl (C=O) groups excluding carboxylic acids is 1. The van der Waals surface area contributed by atoms with E-state index in [1.54, 1.807) is 23.5 Å². The van der Waals surface area contributed by atoms with E-state index in [9.17, 15) is 9.90 Å². The van der Waals surface area contributed by atoms with Gasteiger partial charge in [-0.3, -0.25) is 0 Å². The zero-order valence-electron chi connectivity index (χ0n) is 9.64. The first-order valence-electron chi connectivity index (χ1n) is 5.31. The topological polar surface area (TPSA) is 59.4 Å². The SMILES string of the molecule is CCc1nc2ccc(C(O)C(=O)OC)cc2s1. The molecule has 0 aliphatic rings. The number of hydrogen-bond donors (Lipinski definition) is 1. The van der Waals surface area contributed by atoms with Gasteiger partial charge in [-0.1, -0.05) is 13.0 Å². The van der Waals surface area contributed by atoms with Crippen LogP contribution in [-0.4, -0.2) is 23.2 Å². The Balaban J connectivity index is 2.40.